The van der Waals surface area contributed by atoms with E-state index in [9.17, 15) is 4.79 Å². The molecule has 0 amide bonds. The number of benzene rings is 1. The first-order valence-corrected chi connectivity index (χ1v) is 6.22. The van der Waals surface area contributed by atoms with E-state index in [1.807, 2.05) is 43.3 Å². The Labute approximate surface area is 117 Å². The van der Waals surface area contributed by atoms with Gasteiger partial charge in [0, 0.05) is 31.2 Å². The number of anilines is 3. The molecule has 0 fully saturated rings. The molecule has 0 saturated carbocycles. The summed E-state index contributed by atoms with van der Waals surface area (Å²) < 4.78 is 0. The summed E-state index contributed by atoms with van der Waals surface area (Å²) in [7, 11) is 3.93. The summed E-state index contributed by atoms with van der Waals surface area (Å²) in [6, 6.07) is 10.9. The van der Waals surface area contributed by atoms with Gasteiger partial charge in [0.1, 0.15) is 5.82 Å². The molecule has 0 spiro atoms. The number of aromatic carboxylic acids is 1. The topological polar surface area (TPSA) is 65.5 Å². The number of carbonyl (C=O) groups is 1. The van der Waals surface area contributed by atoms with Crippen LogP contribution < -0.4 is 10.2 Å². The number of aromatic nitrogens is 1. The molecule has 1 aromatic heterocycles. The van der Waals surface area contributed by atoms with Crippen LogP contribution in [0.25, 0.3) is 0 Å². The lowest BCUT2D eigenvalue weighted by atomic mass is 10.2. The Kier molecular flexibility index (Phi) is 3.89. The third kappa shape index (κ3) is 3.26. The van der Waals surface area contributed by atoms with Crippen molar-refractivity contribution in [2.24, 2.45) is 0 Å². The number of pyridine rings is 1. The molecule has 0 aliphatic carbocycles. The van der Waals surface area contributed by atoms with Crippen LogP contribution in [0.1, 0.15) is 16.1 Å². The van der Waals surface area contributed by atoms with Crippen LogP contribution in [0, 0.1) is 6.92 Å². The summed E-state index contributed by atoms with van der Waals surface area (Å²) in [6.45, 7) is 1.77. The normalized spacial score (nSPS) is 10.2. The van der Waals surface area contributed by atoms with Gasteiger partial charge in [0.15, 0.2) is 0 Å². The van der Waals surface area contributed by atoms with Gasteiger partial charge in [-0.1, -0.05) is 6.07 Å². The molecule has 0 atom stereocenters. The van der Waals surface area contributed by atoms with E-state index in [0.717, 1.165) is 11.4 Å². The number of nitrogens with zero attached hydrogens (tertiary/aromatic N) is 2. The Balaban J connectivity index is 2.30. The third-order valence-electron chi connectivity index (χ3n) is 2.84. The molecular formula is C15H17N3O2. The minimum Gasteiger partial charge on any atom is -0.478 e. The van der Waals surface area contributed by atoms with E-state index in [0.29, 0.717) is 11.5 Å². The highest BCUT2D eigenvalue weighted by atomic mass is 16.4. The molecule has 0 saturated heterocycles. The van der Waals surface area contributed by atoms with E-state index < -0.39 is 5.97 Å². The van der Waals surface area contributed by atoms with Gasteiger partial charge in [-0.25, -0.2) is 9.78 Å². The lowest BCUT2D eigenvalue weighted by Gasteiger charge is -2.14. The molecule has 2 rings (SSSR count). The van der Waals surface area contributed by atoms with Gasteiger partial charge in [-0.15, -0.1) is 0 Å². The van der Waals surface area contributed by atoms with Gasteiger partial charge in [0.25, 0.3) is 0 Å². The standard InChI is InChI=1S/C15H17N3O2/c1-10-7-11(15(19)20)8-14(16-10)17-12-5-4-6-13(9-12)18(2)3/h4-9H,1-3H3,(H,16,17)(H,19,20). The zero-order chi connectivity index (χ0) is 14.7. The maximum atomic E-state index is 11.0. The highest BCUT2D eigenvalue weighted by Crippen LogP contribution is 2.21. The van der Waals surface area contributed by atoms with Crippen molar-refractivity contribution in [1.82, 2.24) is 4.98 Å². The monoisotopic (exact) mass is 271 g/mol. The number of nitrogens with one attached hydrogen (secondary N) is 1. The molecule has 0 radical (unpaired) electrons. The smallest absolute Gasteiger partial charge is 0.335 e. The van der Waals surface area contributed by atoms with Crippen molar-refractivity contribution in [3.63, 3.8) is 0 Å². The molecule has 0 aliphatic rings. The van der Waals surface area contributed by atoms with E-state index in [-0.39, 0.29) is 5.56 Å². The Hall–Kier alpha value is -2.56. The first-order chi connectivity index (χ1) is 9.45. The predicted octanol–water partition coefficient (Wildman–Crippen LogP) is 2.90. The van der Waals surface area contributed by atoms with Crippen LogP contribution in [-0.2, 0) is 0 Å². The van der Waals surface area contributed by atoms with Gasteiger partial charge in [0.05, 0.1) is 5.56 Å². The lowest BCUT2D eigenvalue weighted by molar-refractivity contribution is 0.0696. The summed E-state index contributed by atoms with van der Waals surface area (Å²) in [5.41, 5.74) is 2.81. The van der Waals surface area contributed by atoms with Crippen LogP contribution in [0.5, 0.6) is 0 Å². The summed E-state index contributed by atoms with van der Waals surface area (Å²) in [5, 5.41) is 12.2. The van der Waals surface area contributed by atoms with Crippen molar-refractivity contribution < 1.29 is 9.90 Å². The van der Waals surface area contributed by atoms with Crippen molar-refractivity contribution >= 4 is 23.2 Å². The van der Waals surface area contributed by atoms with Gasteiger partial charge < -0.3 is 15.3 Å². The van der Waals surface area contributed by atoms with E-state index in [1.54, 1.807) is 13.0 Å². The van der Waals surface area contributed by atoms with E-state index in [1.165, 1.54) is 6.07 Å². The highest BCUT2D eigenvalue weighted by Gasteiger charge is 2.07. The molecule has 5 heteroatoms. The van der Waals surface area contributed by atoms with Crippen LogP contribution >= 0.6 is 0 Å². The first kappa shape index (κ1) is 13.9. The number of carboxylic acids is 1. The average Bonchev–Trinajstić information content (AvgIpc) is 2.38. The maximum Gasteiger partial charge on any atom is 0.335 e. The number of hydrogen-bond donors (Lipinski definition) is 2. The van der Waals surface area contributed by atoms with Crippen molar-refractivity contribution in [3.8, 4) is 0 Å². The molecule has 20 heavy (non-hydrogen) atoms. The SMILES string of the molecule is Cc1cc(C(=O)O)cc(Nc2cccc(N(C)C)c2)n1. The Morgan fingerprint density at radius 3 is 2.65 bits per heavy atom. The van der Waals surface area contributed by atoms with Crippen molar-refractivity contribution in [3.05, 3.63) is 47.7 Å². The van der Waals surface area contributed by atoms with Crippen molar-refractivity contribution in [1.29, 1.82) is 0 Å². The first-order valence-electron chi connectivity index (χ1n) is 6.22. The second-order valence-electron chi connectivity index (χ2n) is 4.76. The summed E-state index contributed by atoms with van der Waals surface area (Å²) in [6.07, 6.45) is 0. The molecule has 1 aromatic carbocycles. The average molecular weight is 271 g/mol. The fraction of sp³-hybridized carbons (Fsp3) is 0.200. The molecule has 1 heterocycles. The molecule has 5 nitrogen and oxygen atoms in total. The zero-order valence-electron chi connectivity index (χ0n) is 11.7. The summed E-state index contributed by atoms with van der Waals surface area (Å²) >= 11 is 0. The minimum atomic E-state index is -0.958. The zero-order valence-corrected chi connectivity index (χ0v) is 11.7. The lowest BCUT2D eigenvalue weighted by Crippen LogP contribution is -2.08. The van der Waals surface area contributed by atoms with Crippen LogP contribution in [0.3, 0.4) is 0 Å². The fourth-order valence-corrected chi connectivity index (χ4v) is 1.87. The van der Waals surface area contributed by atoms with Gasteiger partial charge in [-0.05, 0) is 37.3 Å². The van der Waals surface area contributed by atoms with Crippen LogP contribution in [-0.4, -0.2) is 30.2 Å². The van der Waals surface area contributed by atoms with Gasteiger partial charge in [0.2, 0.25) is 0 Å². The van der Waals surface area contributed by atoms with Crippen LogP contribution in [0.15, 0.2) is 36.4 Å². The Morgan fingerprint density at radius 2 is 2.00 bits per heavy atom. The second kappa shape index (κ2) is 5.61. The van der Waals surface area contributed by atoms with Crippen molar-refractivity contribution in [2.75, 3.05) is 24.3 Å². The molecule has 2 aromatic rings. The fourth-order valence-electron chi connectivity index (χ4n) is 1.87. The van der Waals surface area contributed by atoms with E-state index in [2.05, 4.69) is 10.3 Å². The molecule has 0 aliphatic heterocycles. The molecule has 104 valence electrons. The van der Waals surface area contributed by atoms with Crippen LogP contribution in [0.2, 0.25) is 0 Å². The van der Waals surface area contributed by atoms with E-state index >= 15 is 0 Å². The number of rotatable bonds is 4. The summed E-state index contributed by atoms with van der Waals surface area (Å²) in [4.78, 5) is 17.3. The Morgan fingerprint density at radius 1 is 1.25 bits per heavy atom. The summed E-state index contributed by atoms with van der Waals surface area (Å²) in [5.74, 6) is -0.432. The molecule has 2 N–H and O–H groups in total. The molecule has 0 unspecified atom stereocenters. The second-order valence-corrected chi connectivity index (χ2v) is 4.76. The van der Waals surface area contributed by atoms with Crippen molar-refractivity contribution in [2.45, 2.75) is 6.92 Å². The van der Waals surface area contributed by atoms with Gasteiger partial charge >= 0.3 is 5.97 Å². The van der Waals surface area contributed by atoms with E-state index in [4.69, 9.17) is 5.11 Å². The Bertz CT molecular complexity index is 639. The maximum absolute atomic E-state index is 11.0. The van der Waals surface area contributed by atoms with Crippen LogP contribution in [0.4, 0.5) is 17.2 Å². The predicted molar refractivity (Wildman–Crippen MR) is 80.0 cm³/mol. The number of carboxylic acid groups (broad SMARTS) is 1. The largest absolute Gasteiger partial charge is 0.478 e. The molecular weight excluding hydrogens is 254 g/mol. The third-order valence-corrected chi connectivity index (χ3v) is 2.84. The minimum absolute atomic E-state index is 0.226. The highest BCUT2D eigenvalue weighted by molar-refractivity contribution is 5.88. The number of hydrogen-bond acceptors (Lipinski definition) is 4. The quantitative estimate of drug-likeness (QED) is 0.895. The van der Waals surface area contributed by atoms with Gasteiger partial charge in [-0.2, -0.15) is 0 Å². The molecule has 0 bridgehead atoms. The number of aryl methyl sites for hydroxylation is 1. The van der Waals surface area contributed by atoms with Gasteiger partial charge in [-0.3, -0.25) is 0 Å².